The first kappa shape index (κ1) is 19.3. The number of carbonyl (C=O) groups is 2. The van der Waals surface area contributed by atoms with E-state index in [9.17, 15) is 9.59 Å². The number of hydrogen-bond donors (Lipinski definition) is 3. The zero-order valence-electron chi connectivity index (χ0n) is 13.1. The molecule has 23 heavy (non-hydrogen) atoms. The minimum absolute atomic E-state index is 0.00689. The molecule has 7 nitrogen and oxygen atoms in total. The zero-order valence-corrected chi connectivity index (χ0v) is 15.5. The predicted molar refractivity (Wildman–Crippen MR) is 95.8 cm³/mol. The van der Waals surface area contributed by atoms with E-state index in [1.807, 2.05) is 13.8 Å². The molecule has 0 aliphatic heterocycles. The van der Waals surface area contributed by atoms with Gasteiger partial charge in [0.15, 0.2) is 5.11 Å². The Morgan fingerprint density at radius 3 is 2.65 bits per heavy atom. The van der Waals surface area contributed by atoms with Gasteiger partial charge in [-0.2, -0.15) is 0 Å². The molecular weight excluding hydrogens is 384 g/mol. The summed E-state index contributed by atoms with van der Waals surface area (Å²) in [5, 5.41) is 14.6. The number of amides is 2. The lowest BCUT2D eigenvalue weighted by molar-refractivity contribution is 0.0939. The Hall–Kier alpha value is -1.74. The highest BCUT2D eigenvalue weighted by atomic mass is 79.9. The predicted octanol–water partition coefficient (Wildman–Crippen LogP) is 3.07. The summed E-state index contributed by atoms with van der Waals surface area (Å²) in [6.45, 7) is 5.70. The van der Waals surface area contributed by atoms with Crippen molar-refractivity contribution in [2.45, 2.75) is 33.2 Å². The molecule has 1 atom stereocenters. The van der Waals surface area contributed by atoms with Gasteiger partial charge in [-0.3, -0.25) is 9.69 Å². The largest absolute Gasteiger partial charge is 0.465 e. The third-order valence-corrected chi connectivity index (χ3v) is 3.86. The van der Waals surface area contributed by atoms with Crippen molar-refractivity contribution < 1.29 is 14.7 Å². The lowest BCUT2D eigenvalue weighted by Gasteiger charge is -2.20. The van der Waals surface area contributed by atoms with Crippen LogP contribution in [0.25, 0.3) is 0 Å². The number of thiocarbonyl (C=S) groups is 1. The number of carbonyl (C=O) groups excluding carboxylic acids is 1. The van der Waals surface area contributed by atoms with Crippen molar-refractivity contribution in [3.05, 3.63) is 22.3 Å². The maximum atomic E-state index is 12.4. The van der Waals surface area contributed by atoms with E-state index in [0.29, 0.717) is 4.47 Å². The fourth-order valence-electron chi connectivity index (χ4n) is 1.65. The summed E-state index contributed by atoms with van der Waals surface area (Å²) in [6.07, 6.45) is 1.12. The standard InChI is InChI=1S/C14H19BrN4O3S/c1-4-8(3)17-12(20)10-6-9(15)7-16-11(10)18-13(23)19(5-2)14(21)22/h6-8H,4-5H2,1-3H3,(H,17,20)(H,21,22)(H,16,18,23)/t8-/m0/s1. The molecule has 0 aliphatic rings. The normalized spacial score (nSPS) is 11.5. The average Bonchev–Trinajstić information content (AvgIpc) is 2.49. The molecule has 1 aromatic heterocycles. The maximum Gasteiger partial charge on any atom is 0.413 e. The second-order valence-corrected chi connectivity index (χ2v) is 6.09. The number of aromatic nitrogens is 1. The Labute approximate surface area is 148 Å². The summed E-state index contributed by atoms with van der Waals surface area (Å²) in [4.78, 5) is 28.5. The molecule has 0 unspecified atom stereocenters. The third kappa shape index (κ3) is 5.43. The van der Waals surface area contributed by atoms with Gasteiger partial charge in [-0.1, -0.05) is 6.92 Å². The van der Waals surface area contributed by atoms with E-state index < -0.39 is 6.09 Å². The van der Waals surface area contributed by atoms with E-state index in [0.717, 1.165) is 11.3 Å². The first-order valence-corrected chi connectivity index (χ1v) is 8.28. The molecule has 0 saturated heterocycles. The number of carboxylic acid groups (broad SMARTS) is 1. The number of rotatable bonds is 5. The molecule has 1 rings (SSSR count). The van der Waals surface area contributed by atoms with Crippen LogP contribution in [0.4, 0.5) is 10.6 Å². The molecule has 126 valence electrons. The van der Waals surface area contributed by atoms with Crippen LogP contribution in [0.5, 0.6) is 0 Å². The Bertz CT molecular complexity index is 612. The molecule has 0 spiro atoms. The van der Waals surface area contributed by atoms with Gasteiger partial charge in [0, 0.05) is 23.3 Å². The van der Waals surface area contributed by atoms with Crippen LogP contribution in [0.2, 0.25) is 0 Å². The van der Waals surface area contributed by atoms with Crippen LogP contribution in [-0.2, 0) is 0 Å². The average molecular weight is 403 g/mol. The molecule has 9 heteroatoms. The van der Waals surface area contributed by atoms with Gasteiger partial charge >= 0.3 is 6.09 Å². The number of pyridine rings is 1. The number of nitrogens with zero attached hydrogens (tertiary/aromatic N) is 2. The second-order valence-electron chi connectivity index (χ2n) is 4.79. The van der Waals surface area contributed by atoms with Crippen molar-refractivity contribution in [2.75, 3.05) is 11.9 Å². The number of halogens is 1. The summed E-state index contributed by atoms with van der Waals surface area (Å²) in [5.41, 5.74) is 0.281. The van der Waals surface area contributed by atoms with Gasteiger partial charge in [-0.05, 0) is 54.5 Å². The molecule has 0 saturated carbocycles. The molecular formula is C14H19BrN4O3S. The monoisotopic (exact) mass is 402 g/mol. The minimum Gasteiger partial charge on any atom is -0.465 e. The van der Waals surface area contributed by atoms with Crippen molar-refractivity contribution in [3.63, 3.8) is 0 Å². The Morgan fingerprint density at radius 1 is 1.48 bits per heavy atom. The Kier molecular flexibility index (Phi) is 7.37. The Balaban J connectivity index is 3.05. The fraction of sp³-hybridized carbons (Fsp3) is 0.429. The third-order valence-electron chi connectivity index (χ3n) is 3.11. The van der Waals surface area contributed by atoms with E-state index in [2.05, 4.69) is 31.5 Å². The molecule has 2 amide bonds. The van der Waals surface area contributed by atoms with Crippen LogP contribution in [-0.4, -0.2) is 44.7 Å². The first-order valence-electron chi connectivity index (χ1n) is 7.07. The maximum absolute atomic E-state index is 12.4. The van der Waals surface area contributed by atoms with Crippen LogP contribution in [0.3, 0.4) is 0 Å². The molecule has 0 bridgehead atoms. The van der Waals surface area contributed by atoms with Crippen LogP contribution in [0.1, 0.15) is 37.6 Å². The molecule has 0 aromatic carbocycles. The molecule has 1 heterocycles. The van der Waals surface area contributed by atoms with Crippen molar-refractivity contribution in [3.8, 4) is 0 Å². The van der Waals surface area contributed by atoms with Crippen molar-refractivity contribution >= 4 is 51.1 Å². The fourth-order valence-corrected chi connectivity index (χ4v) is 2.29. The molecule has 1 aromatic rings. The van der Waals surface area contributed by atoms with E-state index in [4.69, 9.17) is 17.3 Å². The van der Waals surface area contributed by atoms with Crippen molar-refractivity contribution in [1.29, 1.82) is 0 Å². The Morgan fingerprint density at radius 2 is 2.13 bits per heavy atom. The van der Waals surface area contributed by atoms with Crippen LogP contribution in [0, 0.1) is 0 Å². The summed E-state index contributed by atoms with van der Waals surface area (Å²) < 4.78 is 0.633. The molecule has 3 N–H and O–H groups in total. The van der Waals surface area contributed by atoms with E-state index >= 15 is 0 Å². The van der Waals surface area contributed by atoms with Gasteiger partial charge in [0.1, 0.15) is 5.82 Å². The van der Waals surface area contributed by atoms with Crippen molar-refractivity contribution in [2.24, 2.45) is 0 Å². The second kappa shape index (κ2) is 8.78. The minimum atomic E-state index is -1.17. The van der Waals surface area contributed by atoms with Gasteiger partial charge in [-0.15, -0.1) is 0 Å². The van der Waals surface area contributed by atoms with Crippen LogP contribution < -0.4 is 10.6 Å². The van der Waals surface area contributed by atoms with E-state index in [1.165, 1.54) is 6.20 Å². The molecule has 0 fully saturated rings. The highest BCUT2D eigenvalue weighted by molar-refractivity contribution is 9.10. The quantitative estimate of drug-likeness (QED) is 0.655. The zero-order chi connectivity index (χ0) is 17.6. The summed E-state index contributed by atoms with van der Waals surface area (Å²) in [5.74, 6) is -0.101. The van der Waals surface area contributed by atoms with Crippen LogP contribution >= 0.6 is 28.1 Å². The highest BCUT2D eigenvalue weighted by Crippen LogP contribution is 2.19. The summed E-state index contributed by atoms with van der Waals surface area (Å²) >= 11 is 8.35. The van der Waals surface area contributed by atoms with Crippen molar-refractivity contribution in [1.82, 2.24) is 15.2 Å². The smallest absolute Gasteiger partial charge is 0.413 e. The van der Waals surface area contributed by atoms with Gasteiger partial charge in [0.2, 0.25) is 0 Å². The van der Waals surface area contributed by atoms with Gasteiger partial charge < -0.3 is 15.7 Å². The SMILES string of the molecule is CC[C@H](C)NC(=O)c1cc(Br)cnc1NC(=S)N(CC)C(=O)O. The lowest BCUT2D eigenvalue weighted by Crippen LogP contribution is -2.39. The topological polar surface area (TPSA) is 94.6 Å². The molecule has 0 radical (unpaired) electrons. The van der Waals surface area contributed by atoms with E-state index in [1.54, 1.807) is 13.0 Å². The van der Waals surface area contributed by atoms with Crippen LogP contribution in [0.15, 0.2) is 16.7 Å². The molecule has 0 aliphatic carbocycles. The van der Waals surface area contributed by atoms with Gasteiger partial charge in [0.05, 0.1) is 5.56 Å². The van der Waals surface area contributed by atoms with Gasteiger partial charge in [-0.25, -0.2) is 9.78 Å². The summed E-state index contributed by atoms with van der Waals surface area (Å²) in [7, 11) is 0. The number of nitrogens with one attached hydrogen (secondary N) is 2. The first-order chi connectivity index (χ1) is 10.8. The number of hydrogen-bond acceptors (Lipinski definition) is 4. The number of anilines is 1. The summed E-state index contributed by atoms with van der Waals surface area (Å²) in [6, 6.07) is 1.61. The van der Waals surface area contributed by atoms with Gasteiger partial charge in [0.25, 0.3) is 5.91 Å². The lowest BCUT2D eigenvalue weighted by atomic mass is 10.2. The van der Waals surface area contributed by atoms with E-state index in [-0.39, 0.29) is 35.0 Å². The highest BCUT2D eigenvalue weighted by Gasteiger charge is 2.20.